The first kappa shape index (κ1) is 17.5. The Balaban J connectivity index is 1.58. The predicted octanol–water partition coefficient (Wildman–Crippen LogP) is 6.51. The Bertz CT molecular complexity index is 1520. The van der Waals surface area contributed by atoms with Crippen LogP contribution in [0, 0.1) is 0 Å². The van der Waals surface area contributed by atoms with Gasteiger partial charge in [-0.25, -0.2) is 4.98 Å². The van der Waals surface area contributed by atoms with E-state index < -0.39 is 0 Å². The molecule has 0 aliphatic heterocycles. The first-order valence-electron chi connectivity index (χ1n) is 10.2. The van der Waals surface area contributed by atoms with Gasteiger partial charge in [-0.1, -0.05) is 54.6 Å². The minimum atomic E-state index is 0.861. The number of aromatic amines is 1. The van der Waals surface area contributed by atoms with E-state index >= 15 is 0 Å². The molecule has 4 heterocycles. The van der Waals surface area contributed by atoms with Crippen LogP contribution < -0.4 is 0 Å². The van der Waals surface area contributed by atoms with Crippen LogP contribution in [0.5, 0.6) is 0 Å². The van der Waals surface area contributed by atoms with E-state index in [0.717, 1.165) is 44.9 Å². The van der Waals surface area contributed by atoms with Crippen LogP contribution in [0.3, 0.4) is 0 Å². The quantitative estimate of drug-likeness (QED) is 0.370. The third-order valence-corrected chi connectivity index (χ3v) is 5.56. The molecule has 0 atom stereocenters. The number of pyridine rings is 3. The van der Waals surface area contributed by atoms with Gasteiger partial charge >= 0.3 is 0 Å². The Morgan fingerprint density at radius 2 is 1.00 bits per heavy atom. The van der Waals surface area contributed by atoms with Gasteiger partial charge in [-0.3, -0.25) is 9.97 Å². The van der Waals surface area contributed by atoms with E-state index in [2.05, 4.69) is 51.4 Å². The Hall–Kier alpha value is -4.31. The Morgan fingerprint density at radius 1 is 0.452 bits per heavy atom. The SMILES string of the molecule is c1ccc(-c2cccc(-c3cccc4c3[nH]c3c(-c5ccccn5)cccc34)n2)nc1. The molecule has 0 saturated carbocycles. The molecule has 4 heteroatoms. The average molecular weight is 398 g/mol. The van der Waals surface area contributed by atoms with Crippen molar-refractivity contribution < 1.29 is 0 Å². The summed E-state index contributed by atoms with van der Waals surface area (Å²) in [6.45, 7) is 0. The zero-order valence-corrected chi connectivity index (χ0v) is 16.7. The summed E-state index contributed by atoms with van der Waals surface area (Å²) in [7, 11) is 0. The van der Waals surface area contributed by atoms with Gasteiger partial charge in [-0.2, -0.15) is 0 Å². The van der Waals surface area contributed by atoms with Crippen molar-refractivity contribution in [3.63, 3.8) is 0 Å². The molecule has 31 heavy (non-hydrogen) atoms. The molecule has 0 aliphatic carbocycles. The molecule has 0 unspecified atom stereocenters. The summed E-state index contributed by atoms with van der Waals surface area (Å²) in [4.78, 5) is 17.6. The van der Waals surface area contributed by atoms with Crippen LogP contribution in [-0.2, 0) is 0 Å². The molecule has 4 aromatic heterocycles. The maximum Gasteiger partial charge on any atom is 0.0893 e. The van der Waals surface area contributed by atoms with Crippen LogP contribution in [0.15, 0.2) is 103 Å². The summed E-state index contributed by atoms with van der Waals surface area (Å²) >= 11 is 0. The number of nitrogens with zero attached hydrogens (tertiary/aromatic N) is 3. The number of para-hydroxylation sites is 2. The number of hydrogen-bond acceptors (Lipinski definition) is 3. The van der Waals surface area contributed by atoms with Crippen LogP contribution in [0.25, 0.3) is 55.7 Å². The van der Waals surface area contributed by atoms with E-state index in [4.69, 9.17) is 4.98 Å². The van der Waals surface area contributed by atoms with Gasteiger partial charge in [0.2, 0.25) is 0 Å². The number of H-pyrrole nitrogens is 1. The van der Waals surface area contributed by atoms with Gasteiger partial charge in [0.1, 0.15) is 0 Å². The van der Waals surface area contributed by atoms with Gasteiger partial charge in [0.05, 0.1) is 33.8 Å². The van der Waals surface area contributed by atoms with Gasteiger partial charge in [-0.05, 0) is 36.4 Å². The standard InChI is InChI=1S/C27H18N4/c1-3-16-28-22(12-1)20-10-5-8-18-19-9-6-11-21(27(19)31-26(18)20)23-14-7-15-25(30-23)24-13-2-4-17-29-24/h1-17,31H. The second-order valence-electron chi connectivity index (χ2n) is 7.42. The Kier molecular flexibility index (Phi) is 4.06. The van der Waals surface area contributed by atoms with Crippen LogP contribution in [0.2, 0.25) is 0 Å². The summed E-state index contributed by atoms with van der Waals surface area (Å²) in [6.07, 6.45) is 3.62. The molecule has 0 bridgehead atoms. The minimum absolute atomic E-state index is 0.861. The van der Waals surface area contributed by atoms with Crippen molar-refractivity contribution in [2.45, 2.75) is 0 Å². The number of aromatic nitrogens is 4. The van der Waals surface area contributed by atoms with Crippen molar-refractivity contribution in [1.82, 2.24) is 19.9 Å². The van der Waals surface area contributed by atoms with E-state index in [-0.39, 0.29) is 0 Å². The van der Waals surface area contributed by atoms with Crippen LogP contribution in [0.4, 0.5) is 0 Å². The zero-order valence-electron chi connectivity index (χ0n) is 16.7. The van der Waals surface area contributed by atoms with Crippen LogP contribution in [0.1, 0.15) is 0 Å². The summed E-state index contributed by atoms with van der Waals surface area (Å²) in [6, 6.07) is 30.7. The Labute approximate surface area is 179 Å². The number of nitrogens with one attached hydrogen (secondary N) is 1. The molecule has 2 aromatic carbocycles. The highest BCUT2D eigenvalue weighted by atomic mass is 14.8. The zero-order chi connectivity index (χ0) is 20.6. The summed E-state index contributed by atoms with van der Waals surface area (Å²) in [5, 5.41) is 2.36. The van der Waals surface area contributed by atoms with Crippen molar-refractivity contribution in [2.75, 3.05) is 0 Å². The van der Waals surface area contributed by atoms with Gasteiger partial charge in [0.15, 0.2) is 0 Å². The highest BCUT2D eigenvalue weighted by Gasteiger charge is 2.14. The number of rotatable bonds is 3. The highest BCUT2D eigenvalue weighted by Crippen LogP contribution is 2.36. The lowest BCUT2D eigenvalue weighted by atomic mass is 10.0. The molecule has 0 fully saturated rings. The molecule has 0 aliphatic rings. The van der Waals surface area contributed by atoms with Gasteiger partial charge in [0.25, 0.3) is 0 Å². The van der Waals surface area contributed by atoms with Crippen molar-refractivity contribution in [1.29, 1.82) is 0 Å². The van der Waals surface area contributed by atoms with Gasteiger partial charge < -0.3 is 4.98 Å². The monoisotopic (exact) mass is 398 g/mol. The molecule has 4 nitrogen and oxygen atoms in total. The number of fused-ring (bicyclic) bond motifs is 3. The van der Waals surface area contributed by atoms with Crippen LogP contribution in [-0.4, -0.2) is 19.9 Å². The largest absolute Gasteiger partial charge is 0.353 e. The maximum atomic E-state index is 4.92. The van der Waals surface area contributed by atoms with Gasteiger partial charge in [-0.15, -0.1) is 0 Å². The molecule has 0 radical (unpaired) electrons. The van der Waals surface area contributed by atoms with Crippen LogP contribution >= 0.6 is 0 Å². The summed E-state index contributed by atoms with van der Waals surface area (Å²) in [5.41, 5.74) is 7.92. The summed E-state index contributed by atoms with van der Waals surface area (Å²) in [5.74, 6) is 0. The van der Waals surface area contributed by atoms with E-state index in [1.165, 1.54) is 10.8 Å². The number of hydrogen-bond donors (Lipinski definition) is 1. The molecule has 1 N–H and O–H groups in total. The van der Waals surface area contributed by atoms with Crippen molar-refractivity contribution in [3.05, 3.63) is 103 Å². The highest BCUT2D eigenvalue weighted by molar-refractivity contribution is 6.14. The van der Waals surface area contributed by atoms with E-state index in [1.807, 2.05) is 60.8 Å². The van der Waals surface area contributed by atoms with E-state index in [1.54, 1.807) is 6.20 Å². The molecular weight excluding hydrogens is 380 g/mol. The maximum absolute atomic E-state index is 4.92. The third kappa shape index (κ3) is 2.97. The second-order valence-corrected chi connectivity index (χ2v) is 7.42. The predicted molar refractivity (Wildman–Crippen MR) is 125 cm³/mol. The third-order valence-electron chi connectivity index (χ3n) is 5.56. The summed E-state index contributed by atoms with van der Waals surface area (Å²) < 4.78 is 0. The van der Waals surface area contributed by atoms with Crippen molar-refractivity contribution in [3.8, 4) is 33.9 Å². The Morgan fingerprint density at radius 3 is 1.65 bits per heavy atom. The molecule has 0 saturated heterocycles. The fourth-order valence-corrected chi connectivity index (χ4v) is 4.14. The average Bonchev–Trinajstić information content (AvgIpc) is 3.24. The first-order valence-corrected chi connectivity index (χ1v) is 10.2. The fourth-order valence-electron chi connectivity index (χ4n) is 4.14. The molecule has 6 rings (SSSR count). The van der Waals surface area contributed by atoms with Crippen molar-refractivity contribution in [2.24, 2.45) is 0 Å². The smallest absolute Gasteiger partial charge is 0.0893 e. The number of benzene rings is 2. The normalized spacial score (nSPS) is 11.2. The van der Waals surface area contributed by atoms with E-state index in [0.29, 0.717) is 0 Å². The molecule has 6 aromatic rings. The lowest BCUT2D eigenvalue weighted by Gasteiger charge is -2.06. The molecular formula is C27H18N4. The fraction of sp³-hybridized carbons (Fsp3) is 0. The molecule has 0 spiro atoms. The van der Waals surface area contributed by atoms with E-state index in [9.17, 15) is 0 Å². The minimum Gasteiger partial charge on any atom is -0.353 e. The molecule has 0 amide bonds. The molecule has 146 valence electrons. The first-order chi connectivity index (χ1) is 15.4. The second kappa shape index (κ2) is 7.18. The lowest BCUT2D eigenvalue weighted by Crippen LogP contribution is -1.90. The lowest BCUT2D eigenvalue weighted by molar-refractivity contribution is 1.25. The topological polar surface area (TPSA) is 54.5 Å². The van der Waals surface area contributed by atoms with Gasteiger partial charge in [0, 0.05) is 34.3 Å². The van der Waals surface area contributed by atoms with Crippen molar-refractivity contribution >= 4 is 21.8 Å².